The molecule has 0 saturated carbocycles. The lowest BCUT2D eigenvalue weighted by atomic mass is 10.3. The number of rotatable bonds is 3. The zero-order valence-corrected chi connectivity index (χ0v) is 13.4. The summed E-state index contributed by atoms with van der Waals surface area (Å²) < 4.78 is 57.6. The maximum atomic E-state index is 12.3. The van der Waals surface area contributed by atoms with Crippen LogP contribution in [0.4, 0.5) is 18.9 Å². The average Bonchev–Trinajstić information content (AvgIpc) is 2.55. The van der Waals surface area contributed by atoms with Crippen LogP contribution in [0.2, 0.25) is 0 Å². The van der Waals surface area contributed by atoms with Crippen molar-refractivity contribution in [1.29, 1.82) is 0 Å². The van der Waals surface area contributed by atoms with Crippen LogP contribution in [0.1, 0.15) is 0 Å². The van der Waals surface area contributed by atoms with Gasteiger partial charge in [0, 0.05) is 32.2 Å². The second-order valence-corrected chi connectivity index (χ2v) is 6.59. The molecule has 140 valence electrons. The Hall–Kier alpha value is -2.25. The molecule has 13 heteroatoms. The lowest BCUT2D eigenvalue weighted by molar-refractivity contribution is -0.387. The molecule has 0 aromatic heterocycles. The number of carboxylic acid groups (broad SMARTS) is 1. The second-order valence-electron chi connectivity index (χ2n) is 4.68. The molecule has 0 atom stereocenters. The van der Waals surface area contributed by atoms with Gasteiger partial charge in [-0.15, -0.1) is 0 Å². The van der Waals surface area contributed by atoms with Gasteiger partial charge in [0.15, 0.2) is 4.90 Å². The number of benzene rings is 1. The topological polar surface area (TPSA) is 130 Å². The standard InChI is InChI=1S/C10H13N3O4S.C2HF3O2/c14-13(15)9-3-1-2-4-10(9)18(16,17)12-7-5-11-6-8-12;3-2(4,5)1(6)7/h1-4,11H,5-8H2;(H,6,7). The van der Waals surface area contributed by atoms with Crippen molar-refractivity contribution < 1.29 is 36.4 Å². The Balaban J connectivity index is 0.000000381. The number of hydrogen-bond acceptors (Lipinski definition) is 6. The molecule has 1 aromatic carbocycles. The minimum absolute atomic E-state index is 0.239. The van der Waals surface area contributed by atoms with E-state index in [1.54, 1.807) is 0 Å². The van der Waals surface area contributed by atoms with Gasteiger partial charge in [0.2, 0.25) is 10.0 Å². The van der Waals surface area contributed by atoms with Gasteiger partial charge in [0.25, 0.3) is 5.69 Å². The molecule has 1 heterocycles. The number of nitrogens with zero attached hydrogens (tertiary/aromatic N) is 2. The van der Waals surface area contributed by atoms with Crippen LogP contribution in [0, 0.1) is 10.1 Å². The third-order valence-electron chi connectivity index (χ3n) is 3.00. The summed E-state index contributed by atoms with van der Waals surface area (Å²) in [5.41, 5.74) is -0.379. The van der Waals surface area contributed by atoms with E-state index in [0.29, 0.717) is 26.2 Å². The molecular weight excluding hydrogens is 371 g/mol. The predicted molar refractivity (Wildman–Crippen MR) is 78.4 cm³/mol. The molecule has 25 heavy (non-hydrogen) atoms. The average molecular weight is 385 g/mol. The fourth-order valence-electron chi connectivity index (χ4n) is 1.85. The van der Waals surface area contributed by atoms with E-state index in [-0.39, 0.29) is 10.6 Å². The minimum Gasteiger partial charge on any atom is -0.475 e. The highest BCUT2D eigenvalue weighted by Crippen LogP contribution is 2.26. The van der Waals surface area contributed by atoms with Gasteiger partial charge < -0.3 is 10.4 Å². The van der Waals surface area contributed by atoms with Gasteiger partial charge in [-0.25, -0.2) is 13.2 Å². The largest absolute Gasteiger partial charge is 0.490 e. The molecule has 1 aromatic rings. The SMILES string of the molecule is O=C(O)C(F)(F)F.O=[N+]([O-])c1ccccc1S(=O)(=O)N1CCNCC1. The van der Waals surface area contributed by atoms with E-state index in [2.05, 4.69) is 5.32 Å². The van der Waals surface area contributed by atoms with Gasteiger partial charge in [-0.2, -0.15) is 17.5 Å². The molecule has 1 aliphatic rings. The van der Waals surface area contributed by atoms with Crippen LogP contribution in [0.25, 0.3) is 0 Å². The van der Waals surface area contributed by atoms with Crippen LogP contribution >= 0.6 is 0 Å². The number of alkyl halides is 3. The molecule has 1 saturated heterocycles. The smallest absolute Gasteiger partial charge is 0.475 e. The van der Waals surface area contributed by atoms with Crippen LogP contribution in [0.5, 0.6) is 0 Å². The molecule has 9 nitrogen and oxygen atoms in total. The summed E-state index contributed by atoms with van der Waals surface area (Å²) >= 11 is 0. The van der Waals surface area contributed by atoms with Crippen LogP contribution in [0.15, 0.2) is 29.2 Å². The van der Waals surface area contributed by atoms with E-state index in [0.717, 1.165) is 0 Å². The number of hydrogen-bond donors (Lipinski definition) is 2. The molecule has 1 aliphatic heterocycles. The van der Waals surface area contributed by atoms with Crippen molar-refractivity contribution in [2.45, 2.75) is 11.1 Å². The number of nitrogens with one attached hydrogen (secondary N) is 1. The van der Waals surface area contributed by atoms with Gasteiger partial charge in [-0.3, -0.25) is 10.1 Å². The van der Waals surface area contributed by atoms with E-state index in [4.69, 9.17) is 9.90 Å². The summed E-state index contributed by atoms with van der Waals surface area (Å²) in [7, 11) is -3.79. The molecule has 0 radical (unpaired) electrons. The number of carboxylic acids is 1. The second kappa shape index (κ2) is 8.22. The normalized spacial score (nSPS) is 15.8. The Labute approximate surface area is 140 Å². The summed E-state index contributed by atoms with van der Waals surface area (Å²) in [6.45, 7) is 1.77. The van der Waals surface area contributed by atoms with E-state index < -0.39 is 27.1 Å². The first-order valence-electron chi connectivity index (χ1n) is 6.72. The number of nitro benzene ring substituents is 1. The third kappa shape index (κ3) is 5.65. The van der Waals surface area contributed by atoms with Crippen molar-refractivity contribution in [3.8, 4) is 0 Å². The molecule has 1 fully saturated rings. The molecular formula is C12H14F3N3O6S. The summed E-state index contributed by atoms with van der Waals surface area (Å²) in [5.74, 6) is -2.76. The van der Waals surface area contributed by atoms with Crippen molar-refractivity contribution in [3.63, 3.8) is 0 Å². The summed E-state index contributed by atoms with van der Waals surface area (Å²) in [5, 5.41) is 21.0. The molecule has 0 bridgehead atoms. The van der Waals surface area contributed by atoms with Crippen LogP contribution in [-0.4, -0.2) is 61.1 Å². The predicted octanol–water partition coefficient (Wildman–Crippen LogP) is 0.822. The van der Waals surface area contributed by atoms with E-state index in [9.17, 15) is 31.7 Å². The number of nitro groups is 1. The highest BCUT2D eigenvalue weighted by Gasteiger charge is 2.38. The summed E-state index contributed by atoms with van der Waals surface area (Å²) in [4.78, 5) is 18.8. The van der Waals surface area contributed by atoms with Gasteiger partial charge in [0.05, 0.1) is 4.92 Å². The molecule has 2 N–H and O–H groups in total. The van der Waals surface area contributed by atoms with Crippen LogP contribution in [-0.2, 0) is 14.8 Å². The van der Waals surface area contributed by atoms with Crippen LogP contribution in [0.3, 0.4) is 0 Å². The van der Waals surface area contributed by atoms with Gasteiger partial charge in [0.1, 0.15) is 0 Å². The third-order valence-corrected chi connectivity index (χ3v) is 4.94. The number of aliphatic carboxylic acids is 1. The van der Waals surface area contributed by atoms with Gasteiger partial charge in [-0.05, 0) is 6.07 Å². The Morgan fingerprint density at radius 1 is 1.24 bits per heavy atom. The number of piperazine rings is 1. The molecule has 0 amide bonds. The zero-order chi connectivity index (χ0) is 19.3. The minimum atomic E-state index is -5.08. The zero-order valence-electron chi connectivity index (χ0n) is 12.6. The molecule has 0 spiro atoms. The fourth-order valence-corrected chi connectivity index (χ4v) is 3.45. The van der Waals surface area contributed by atoms with Crippen molar-refractivity contribution in [2.24, 2.45) is 0 Å². The Morgan fingerprint density at radius 2 is 1.72 bits per heavy atom. The van der Waals surface area contributed by atoms with Crippen molar-refractivity contribution >= 4 is 21.7 Å². The maximum Gasteiger partial charge on any atom is 0.490 e. The maximum absolute atomic E-state index is 12.3. The quantitative estimate of drug-likeness (QED) is 0.582. The van der Waals surface area contributed by atoms with Gasteiger partial charge >= 0.3 is 12.1 Å². The molecule has 2 rings (SSSR count). The Kier molecular flexibility index (Phi) is 6.84. The van der Waals surface area contributed by atoms with Gasteiger partial charge in [-0.1, -0.05) is 12.1 Å². The first kappa shape index (κ1) is 20.8. The van der Waals surface area contributed by atoms with E-state index in [1.165, 1.54) is 28.6 Å². The van der Waals surface area contributed by atoms with Crippen LogP contribution < -0.4 is 5.32 Å². The van der Waals surface area contributed by atoms with E-state index >= 15 is 0 Å². The Morgan fingerprint density at radius 3 is 2.16 bits per heavy atom. The molecule has 0 unspecified atom stereocenters. The first-order valence-corrected chi connectivity index (χ1v) is 8.16. The number of sulfonamides is 1. The Bertz CT molecular complexity index is 732. The monoisotopic (exact) mass is 385 g/mol. The summed E-state index contributed by atoms with van der Waals surface area (Å²) in [6.07, 6.45) is -5.08. The number of halogens is 3. The lowest BCUT2D eigenvalue weighted by Crippen LogP contribution is -2.46. The van der Waals surface area contributed by atoms with E-state index in [1.807, 2.05) is 0 Å². The van der Waals surface area contributed by atoms with Crippen molar-refractivity contribution in [3.05, 3.63) is 34.4 Å². The number of para-hydroxylation sites is 1. The lowest BCUT2D eigenvalue weighted by Gasteiger charge is -2.26. The fraction of sp³-hybridized carbons (Fsp3) is 0.417. The van der Waals surface area contributed by atoms with Crippen molar-refractivity contribution in [2.75, 3.05) is 26.2 Å². The first-order chi connectivity index (χ1) is 11.5. The van der Waals surface area contributed by atoms with Crippen molar-refractivity contribution in [1.82, 2.24) is 9.62 Å². The number of carbonyl (C=O) groups is 1. The summed E-state index contributed by atoms with van der Waals surface area (Å²) in [6, 6.07) is 5.42. The highest BCUT2D eigenvalue weighted by molar-refractivity contribution is 7.89. The highest BCUT2D eigenvalue weighted by atomic mass is 32.2. The molecule has 0 aliphatic carbocycles.